The lowest BCUT2D eigenvalue weighted by atomic mass is 10.1. The van der Waals surface area contributed by atoms with E-state index in [-0.39, 0.29) is 5.91 Å². The molecule has 1 saturated carbocycles. The minimum atomic E-state index is 0.0470. The van der Waals surface area contributed by atoms with Gasteiger partial charge in [-0.15, -0.1) is 0 Å². The van der Waals surface area contributed by atoms with Crippen LogP contribution in [0.3, 0.4) is 0 Å². The van der Waals surface area contributed by atoms with Crippen molar-refractivity contribution in [1.29, 1.82) is 0 Å². The van der Waals surface area contributed by atoms with Crippen molar-refractivity contribution in [2.24, 2.45) is 0 Å². The van der Waals surface area contributed by atoms with Gasteiger partial charge in [0.25, 0.3) is 5.91 Å². The first-order chi connectivity index (χ1) is 10.2. The predicted molar refractivity (Wildman–Crippen MR) is 94.1 cm³/mol. The minimum Gasteiger partial charge on any atom is -0.348 e. The Morgan fingerprint density at radius 1 is 1.19 bits per heavy atom. The summed E-state index contributed by atoms with van der Waals surface area (Å²) in [5.74, 6) is 0.0470. The molecule has 1 amide bonds. The van der Waals surface area contributed by atoms with Crippen LogP contribution in [0.15, 0.2) is 40.9 Å². The number of hydrogen-bond acceptors (Lipinski definition) is 2. The highest BCUT2D eigenvalue weighted by Gasteiger charge is 2.27. The SMILES string of the molecule is CSC1CCCC1NC(=O)c1ccc2cc(Br)ccc2c1. The first-order valence-corrected chi connectivity index (χ1v) is 9.28. The van der Waals surface area contributed by atoms with Crippen LogP contribution in [-0.4, -0.2) is 23.5 Å². The summed E-state index contributed by atoms with van der Waals surface area (Å²) in [6.45, 7) is 0. The summed E-state index contributed by atoms with van der Waals surface area (Å²) in [5, 5.41) is 6.00. The van der Waals surface area contributed by atoms with Crippen molar-refractivity contribution in [3.05, 3.63) is 46.4 Å². The summed E-state index contributed by atoms with van der Waals surface area (Å²) in [7, 11) is 0. The quantitative estimate of drug-likeness (QED) is 0.861. The molecule has 1 aliphatic carbocycles. The number of carbonyl (C=O) groups is 1. The summed E-state index contributed by atoms with van der Waals surface area (Å²) in [6.07, 6.45) is 5.64. The molecule has 2 aromatic carbocycles. The number of thioether (sulfide) groups is 1. The molecule has 1 N–H and O–H groups in total. The second-order valence-corrected chi connectivity index (χ2v) is 7.48. The third kappa shape index (κ3) is 3.27. The largest absolute Gasteiger partial charge is 0.348 e. The van der Waals surface area contributed by atoms with Crippen LogP contribution < -0.4 is 5.32 Å². The van der Waals surface area contributed by atoms with Crippen molar-refractivity contribution in [3.63, 3.8) is 0 Å². The van der Waals surface area contributed by atoms with Gasteiger partial charge < -0.3 is 5.32 Å². The van der Waals surface area contributed by atoms with Crippen LogP contribution in [0.5, 0.6) is 0 Å². The Kier molecular flexibility index (Phi) is 4.55. The molecule has 1 aliphatic rings. The van der Waals surface area contributed by atoms with E-state index in [2.05, 4.69) is 33.6 Å². The summed E-state index contributed by atoms with van der Waals surface area (Å²) >= 11 is 5.33. The van der Waals surface area contributed by atoms with Gasteiger partial charge in [0.2, 0.25) is 0 Å². The van der Waals surface area contributed by atoms with Crippen LogP contribution in [0.1, 0.15) is 29.6 Å². The maximum Gasteiger partial charge on any atom is 0.251 e. The average molecular weight is 364 g/mol. The molecular weight excluding hydrogens is 346 g/mol. The van der Waals surface area contributed by atoms with Gasteiger partial charge in [-0.1, -0.05) is 34.5 Å². The normalized spacial score (nSPS) is 21.6. The lowest BCUT2D eigenvalue weighted by Gasteiger charge is -2.19. The Labute approximate surface area is 137 Å². The van der Waals surface area contributed by atoms with E-state index in [1.54, 1.807) is 0 Å². The van der Waals surface area contributed by atoms with Crippen LogP contribution >= 0.6 is 27.7 Å². The Morgan fingerprint density at radius 3 is 2.76 bits per heavy atom. The molecule has 0 heterocycles. The Hall–Kier alpha value is -1.00. The smallest absolute Gasteiger partial charge is 0.251 e. The van der Waals surface area contributed by atoms with Gasteiger partial charge in [-0.25, -0.2) is 0 Å². The second kappa shape index (κ2) is 6.41. The molecule has 2 nitrogen and oxygen atoms in total. The molecule has 3 rings (SSSR count). The topological polar surface area (TPSA) is 29.1 Å². The number of nitrogens with one attached hydrogen (secondary N) is 1. The van der Waals surface area contributed by atoms with Crippen LogP contribution in [-0.2, 0) is 0 Å². The Morgan fingerprint density at radius 2 is 1.95 bits per heavy atom. The summed E-state index contributed by atoms with van der Waals surface area (Å²) < 4.78 is 1.06. The molecule has 0 saturated heterocycles. The molecule has 2 unspecified atom stereocenters. The van der Waals surface area contributed by atoms with Gasteiger partial charge in [-0.05, 0) is 54.1 Å². The third-order valence-electron chi connectivity index (χ3n) is 4.14. The maximum atomic E-state index is 12.4. The van der Waals surface area contributed by atoms with Gasteiger partial charge >= 0.3 is 0 Å². The molecule has 0 aliphatic heterocycles. The molecule has 0 spiro atoms. The van der Waals surface area contributed by atoms with Crippen molar-refractivity contribution in [2.45, 2.75) is 30.6 Å². The third-order valence-corrected chi connectivity index (χ3v) is 5.80. The molecule has 0 radical (unpaired) electrons. The molecule has 2 aromatic rings. The number of rotatable bonds is 3. The van der Waals surface area contributed by atoms with Gasteiger partial charge in [0.15, 0.2) is 0 Å². The average Bonchev–Trinajstić information content (AvgIpc) is 2.93. The van der Waals surface area contributed by atoms with E-state index < -0.39 is 0 Å². The number of hydrogen-bond donors (Lipinski definition) is 1. The lowest BCUT2D eigenvalue weighted by molar-refractivity contribution is 0.0939. The highest BCUT2D eigenvalue weighted by Crippen LogP contribution is 2.28. The van der Waals surface area contributed by atoms with E-state index in [9.17, 15) is 4.79 Å². The first kappa shape index (κ1) is 14.9. The van der Waals surface area contributed by atoms with Gasteiger partial charge in [-0.3, -0.25) is 4.79 Å². The van der Waals surface area contributed by atoms with Crippen molar-refractivity contribution in [1.82, 2.24) is 5.32 Å². The number of fused-ring (bicyclic) bond motifs is 1. The summed E-state index contributed by atoms with van der Waals surface area (Å²) in [4.78, 5) is 12.4. The van der Waals surface area contributed by atoms with Crippen LogP contribution in [0, 0.1) is 0 Å². The number of halogens is 1. The van der Waals surface area contributed by atoms with Crippen molar-refractivity contribution in [2.75, 3.05) is 6.26 Å². The van der Waals surface area contributed by atoms with E-state index in [0.29, 0.717) is 11.3 Å². The fraction of sp³-hybridized carbons (Fsp3) is 0.353. The zero-order chi connectivity index (χ0) is 14.8. The fourth-order valence-electron chi connectivity index (χ4n) is 2.98. The highest BCUT2D eigenvalue weighted by atomic mass is 79.9. The standard InChI is InChI=1S/C17H18BrNOS/c1-21-16-4-2-3-15(16)19-17(20)13-6-5-12-10-14(18)8-7-11(12)9-13/h5-10,15-16H,2-4H2,1H3,(H,19,20). The van der Waals surface area contributed by atoms with Gasteiger partial charge in [-0.2, -0.15) is 11.8 Å². The van der Waals surface area contributed by atoms with E-state index in [4.69, 9.17) is 0 Å². The van der Waals surface area contributed by atoms with E-state index in [0.717, 1.165) is 27.2 Å². The van der Waals surface area contributed by atoms with Gasteiger partial charge in [0.05, 0.1) is 0 Å². The molecule has 1 fully saturated rings. The van der Waals surface area contributed by atoms with Crippen LogP contribution in [0.2, 0.25) is 0 Å². The predicted octanol–water partition coefficient (Wildman–Crippen LogP) is 4.62. The molecule has 0 aromatic heterocycles. The molecule has 4 heteroatoms. The van der Waals surface area contributed by atoms with Crippen LogP contribution in [0.4, 0.5) is 0 Å². The van der Waals surface area contributed by atoms with Crippen molar-refractivity contribution in [3.8, 4) is 0 Å². The maximum absolute atomic E-state index is 12.4. The minimum absolute atomic E-state index is 0.0470. The fourth-order valence-corrected chi connectivity index (χ4v) is 4.30. The zero-order valence-electron chi connectivity index (χ0n) is 11.9. The monoisotopic (exact) mass is 363 g/mol. The molecule has 0 bridgehead atoms. The summed E-state index contributed by atoms with van der Waals surface area (Å²) in [5.41, 5.74) is 0.747. The molecule has 2 atom stereocenters. The Balaban J connectivity index is 1.79. The van der Waals surface area contributed by atoms with Crippen molar-refractivity contribution < 1.29 is 4.79 Å². The van der Waals surface area contributed by atoms with E-state index in [1.165, 1.54) is 12.8 Å². The van der Waals surface area contributed by atoms with Gasteiger partial charge in [0, 0.05) is 21.3 Å². The number of benzene rings is 2. The second-order valence-electron chi connectivity index (χ2n) is 5.49. The van der Waals surface area contributed by atoms with Crippen LogP contribution in [0.25, 0.3) is 10.8 Å². The van der Waals surface area contributed by atoms with Gasteiger partial charge in [0.1, 0.15) is 0 Å². The molecular formula is C17H18BrNOS. The molecule has 110 valence electrons. The lowest BCUT2D eigenvalue weighted by Crippen LogP contribution is -2.38. The van der Waals surface area contributed by atoms with E-state index in [1.807, 2.05) is 42.1 Å². The summed E-state index contributed by atoms with van der Waals surface area (Å²) in [6, 6.07) is 12.3. The van der Waals surface area contributed by atoms with Crippen molar-refractivity contribution >= 4 is 44.4 Å². The molecule has 21 heavy (non-hydrogen) atoms. The number of amides is 1. The highest BCUT2D eigenvalue weighted by molar-refractivity contribution is 9.10. The van der Waals surface area contributed by atoms with E-state index >= 15 is 0 Å². The first-order valence-electron chi connectivity index (χ1n) is 7.20. The zero-order valence-corrected chi connectivity index (χ0v) is 14.3. The number of carbonyl (C=O) groups excluding carboxylic acids is 1. The Bertz CT molecular complexity index is 673.